The molecule has 1 unspecified atom stereocenters. The molecule has 6 nitrogen and oxygen atoms in total. The minimum absolute atomic E-state index is 0.0956. The van der Waals surface area contributed by atoms with Gasteiger partial charge >= 0.3 is 0 Å². The van der Waals surface area contributed by atoms with Crippen LogP contribution < -0.4 is 0 Å². The van der Waals surface area contributed by atoms with Gasteiger partial charge in [-0.15, -0.1) is 0 Å². The van der Waals surface area contributed by atoms with Crippen LogP contribution in [0.2, 0.25) is 0 Å². The number of carbonyl (C=O) groups is 1. The molecule has 3 heterocycles. The molecule has 1 N–H and O–H groups in total. The highest BCUT2D eigenvalue weighted by Crippen LogP contribution is 2.29. The van der Waals surface area contributed by atoms with Crippen molar-refractivity contribution in [1.82, 2.24) is 19.9 Å². The Morgan fingerprint density at radius 3 is 2.54 bits per heavy atom. The third-order valence-electron chi connectivity index (χ3n) is 4.20. The van der Waals surface area contributed by atoms with Crippen molar-refractivity contribution >= 4 is 17.7 Å². The molecular formula is C17H20N4O2S. The standard InChI is InChI=1S/C17H20N4O2S/c22-15(12-24-17-19-8-3-9-20-17)21-10-5-13(6-11-21)16(23)14-4-1-2-7-18-14/h1-4,7-9,13,16,23H,5-6,10-12H2. The van der Waals surface area contributed by atoms with Gasteiger partial charge in [0.25, 0.3) is 0 Å². The van der Waals surface area contributed by atoms with Gasteiger partial charge in [-0.3, -0.25) is 9.78 Å². The first-order valence-corrected chi connectivity index (χ1v) is 8.99. The third kappa shape index (κ3) is 4.30. The Kier molecular flexibility index (Phi) is 5.77. The smallest absolute Gasteiger partial charge is 0.233 e. The molecule has 1 aliphatic heterocycles. The van der Waals surface area contributed by atoms with Gasteiger partial charge in [-0.1, -0.05) is 17.8 Å². The van der Waals surface area contributed by atoms with Crippen molar-refractivity contribution in [3.63, 3.8) is 0 Å². The number of likely N-dealkylation sites (tertiary alicyclic amines) is 1. The van der Waals surface area contributed by atoms with E-state index in [0.29, 0.717) is 29.7 Å². The summed E-state index contributed by atoms with van der Waals surface area (Å²) in [6.07, 6.45) is 6.05. The quantitative estimate of drug-likeness (QED) is 0.660. The fourth-order valence-corrected chi connectivity index (χ4v) is 3.54. The number of piperidine rings is 1. The maximum Gasteiger partial charge on any atom is 0.233 e. The van der Waals surface area contributed by atoms with Crippen molar-refractivity contribution in [2.45, 2.75) is 24.1 Å². The SMILES string of the molecule is O=C(CSc1ncccn1)N1CCC(C(O)c2ccccn2)CC1. The van der Waals surface area contributed by atoms with E-state index in [1.165, 1.54) is 11.8 Å². The Labute approximate surface area is 145 Å². The van der Waals surface area contributed by atoms with E-state index in [2.05, 4.69) is 15.0 Å². The number of amides is 1. The second-order valence-corrected chi connectivity index (χ2v) is 6.68. The Morgan fingerprint density at radius 1 is 1.17 bits per heavy atom. The van der Waals surface area contributed by atoms with Crippen LogP contribution in [0.4, 0.5) is 0 Å². The Bertz CT molecular complexity index is 648. The summed E-state index contributed by atoms with van der Waals surface area (Å²) < 4.78 is 0. The van der Waals surface area contributed by atoms with Crippen LogP contribution in [0.1, 0.15) is 24.6 Å². The maximum atomic E-state index is 12.3. The molecule has 24 heavy (non-hydrogen) atoms. The van der Waals surface area contributed by atoms with Crippen LogP contribution in [-0.2, 0) is 4.79 Å². The molecule has 3 rings (SSSR count). The second kappa shape index (κ2) is 8.21. The number of pyridine rings is 1. The zero-order chi connectivity index (χ0) is 16.8. The second-order valence-electron chi connectivity index (χ2n) is 5.74. The number of rotatable bonds is 5. The molecule has 0 aliphatic carbocycles. The molecule has 7 heteroatoms. The number of aliphatic hydroxyl groups excluding tert-OH is 1. The summed E-state index contributed by atoms with van der Waals surface area (Å²) in [6, 6.07) is 7.32. The summed E-state index contributed by atoms with van der Waals surface area (Å²) in [5.74, 6) is 0.588. The monoisotopic (exact) mass is 344 g/mol. The van der Waals surface area contributed by atoms with Crippen molar-refractivity contribution in [2.75, 3.05) is 18.8 Å². The maximum absolute atomic E-state index is 12.3. The van der Waals surface area contributed by atoms with Crippen LogP contribution >= 0.6 is 11.8 Å². The van der Waals surface area contributed by atoms with Crippen LogP contribution in [0.15, 0.2) is 48.0 Å². The summed E-state index contributed by atoms with van der Waals surface area (Å²) >= 11 is 1.35. The summed E-state index contributed by atoms with van der Waals surface area (Å²) in [5.41, 5.74) is 0.707. The summed E-state index contributed by atoms with van der Waals surface area (Å²) in [6.45, 7) is 1.34. The molecule has 1 aliphatic rings. The van der Waals surface area contributed by atoms with Crippen molar-refractivity contribution in [1.29, 1.82) is 0 Å². The van der Waals surface area contributed by atoms with Crippen molar-refractivity contribution in [3.8, 4) is 0 Å². The predicted octanol–water partition coefficient (Wildman–Crippen LogP) is 1.94. The molecule has 1 atom stereocenters. The molecule has 2 aromatic heterocycles. The highest BCUT2D eigenvalue weighted by atomic mass is 32.2. The molecule has 0 bridgehead atoms. The van der Waals surface area contributed by atoms with Gasteiger partial charge < -0.3 is 10.0 Å². The van der Waals surface area contributed by atoms with Crippen LogP contribution in [0.25, 0.3) is 0 Å². The summed E-state index contributed by atoms with van der Waals surface area (Å²) in [4.78, 5) is 26.6. The molecule has 1 amide bonds. The molecule has 0 spiro atoms. The van der Waals surface area contributed by atoms with Gasteiger partial charge in [0.05, 0.1) is 17.6 Å². The van der Waals surface area contributed by atoms with E-state index >= 15 is 0 Å². The number of nitrogens with zero attached hydrogens (tertiary/aromatic N) is 4. The molecule has 1 fully saturated rings. The molecule has 0 saturated carbocycles. The van der Waals surface area contributed by atoms with Crippen LogP contribution in [0.5, 0.6) is 0 Å². The number of aliphatic hydroxyl groups is 1. The topological polar surface area (TPSA) is 79.2 Å². The third-order valence-corrected chi connectivity index (χ3v) is 5.06. The lowest BCUT2D eigenvalue weighted by atomic mass is 9.89. The van der Waals surface area contributed by atoms with Gasteiger partial charge in [0.2, 0.25) is 5.91 Å². The summed E-state index contributed by atoms with van der Waals surface area (Å²) in [7, 11) is 0. The normalized spacial score (nSPS) is 16.8. The van der Waals surface area contributed by atoms with E-state index in [-0.39, 0.29) is 11.8 Å². The zero-order valence-electron chi connectivity index (χ0n) is 13.3. The first kappa shape index (κ1) is 16.9. The molecule has 0 radical (unpaired) electrons. The van der Waals surface area contributed by atoms with Crippen molar-refractivity contribution in [2.24, 2.45) is 5.92 Å². The Balaban J connectivity index is 1.47. The fraction of sp³-hybridized carbons (Fsp3) is 0.412. The van der Waals surface area contributed by atoms with Crippen LogP contribution in [0.3, 0.4) is 0 Å². The first-order valence-electron chi connectivity index (χ1n) is 8.00. The minimum atomic E-state index is -0.560. The molecule has 1 saturated heterocycles. The molecular weight excluding hydrogens is 324 g/mol. The van der Waals surface area contributed by atoms with E-state index in [1.54, 1.807) is 24.7 Å². The Morgan fingerprint density at radius 2 is 1.88 bits per heavy atom. The van der Waals surface area contributed by atoms with E-state index in [0.717, 1.165) is 12.8 Å². The number of hydrogen-bond acceptors (Lipinski definition) is 6. The van der Waals surface area contributed by atoms with E-state index in [9.17, 15) is 9.90 Å². The zero-order valence-corrected chi connectivity index (χ0v) is 14.1. The lowest BCUT2D eigenvalue weighted by Crippen LogP contribution is -2.40. The van der Waals surface area contributed by atoms with Gasteiger partial charge in [-0.05, 0) is 37.0 Å². The van der Waals surface area contributed by atoms with E-state index in [4.69, 9.17) is 0 Å². The largest absolute Gasteiger partial charge is 0.387 e. The van der Waals surface area contributed by atoms with Gasteiger partial charge in [-0.2, -0.15) is 0 Å². The average molecular weight is 344 g/mol. The highest BCUT2D eigenvalue weighted by molar-refractivity contribution is 7.99. The fourth-order valence-electron chi connectivity index (χ4n) is 2.83. The average Bonchev–Trinajstić information content (AvgIpc) is 2.67. The van der Waals surface area contributed by atoms with Gasteiger partial charge in [0.1, 0.15) is 0 Å². The summed E-state index contributed by atoms with van der Waals surface area (Å²) in [5, 5.41) is 11.1. The first-order chi connectivity index (χ1) is 11.7. The molecule has 0 aromatic carbocycles. The van der Waals surface area contributed by atoms with Crippen molar-refractivity contribution in [3.05, 3.63) is 48.5 Å². The number of carbonyl (C=O) groups excluding carboxylic acids is 1. The number of thioether (sulfide) groups is 1. The van der Waals surface area contributed by atoms with Crippen molar-refractivity contribution < 1.29 is 9.90 Å². The van der Waals surface area contributed by atoms with Gasteiger partial charge in [0, 0.05) is 31.7 Å². The minimum Gasteiger partial charge on any atom is -0.387 e. The van der Waals surface area contributed by atoms with E-state index < -0.39 is 6.10 Å². The Hall–Kier alpha value is -1.99. The van der Waals surface area contributed by atoms with E-state index in [1.807, 2.05) is 23.1 Å². The highest BCUT2D eigenvalue weighted by Gasteiger charge is 2.28. The van der Waals surface area contributed by atoms with Gasteiger partial charge in [-0.25, -0.2) is 9.97 Å². The van der Waals surface area contributed by atoms with Gasteiger partial charge in [0.15, 0.2) is 5.16 Å². The lowest BCUT2D eigenvalue weighted by molar-refractivity contribution is -0.130. The number of aromatic nitrogens is 3. The lowest BCUT2D eigenvalue weighted by Gasteiger charge is -2.34. The predicted molar refractivity (Wildman–Crippen MR) is 91.3 cm³/mol. The number of hydrogen-bond donors (Lipinski definition) is 1. The van der Waals surface area contributed by atoms with Crippen LogP contribution in [0, 0.1) is 5.92 Å². The molecule has 126 valence electrons. The molecule has 2 aromatic rings. The van der Waals surface area contributed by atoms with Crippen LogP contribution in [-0.4, -0.2) is 49.7 Å².